The number of aromatic nitrogens is 3. The summed E-state index contributed by atoms with van der Waals surface area (Å²) in [6.07, 6.45) is 1.97. The number of hydrogen-bond acceptors (Lipinski definition) is 3. The third kappa shape index (κ3) is 2.56. The number of hydrogen-bond donors (Lipinski definition) is 1. The first-order valence-electron chi connectivity index (χ1n) is 5.78. The van der Waals surface area contributed by atoms with Gasteiger partial charge in [0.1, 0.15) is 5.82 Å². The van der Waals surface area contributed by atoms with Gasteiger partial charge in [-0.1, -0.05) is 6.07 Å². The molecule has 0 aliphatic rings. The SMILES string of the molecule is Cc1nn(C)c(C)c1CC(=O)Nc1ccccn1. The predicted molar refractivity (Wildman–Crippen MR) is 69.3 cm³/mol. The largest absolute Gasteiger partial charge is 0.310 e. The Morgan fingerprint density at radius 3 is 2.72 bits per heavy atom. The number of rotatable bonds is 3. The van der Waals surface area contributed by atoms with Gasteiger partial charge in [-0.3, -0.25) is 9.48 Å². The van der Waals surface area contributed by atoms with Crippen molar-refractivity contribution in [2.45, 2.75) is 20.3 Å². The highest BCUT2D eigenvalue weighted by molar-refractivity contribution is 5.91. The lowest BCUT2D eigenvalue weighted by molar-refractivity contribution is -0.115. The topological polar surface area (TPSA) is 59.8 Å². The van der Waals surface area contributed by atoms with E-state index in [2.05, 4.69) is 15.4 Å². The lowest BCUT2D eigenvalue weighted by Crippen LogP contribution is -2.16. The van der Waals surface area contributed by atoms with E-state index in [4.69, 9.17) is 0 Å². The van der Waals surface area contributed by atoms with Gasteiger partial charge < -0.3 is 5.32 Å². The minimum Gasteiger partial charge on any atom is -0.310 e. The summed E-state index contributed by atoms with van der Waals surface area (Å²) < 4.78 is 1.79. The van der Waals surface area contributed by atoms with E-state index < -0.39 is 0 Å². The van der Waals surface area contributed by atoms with Gasteiger partial charge in [0.25, 0.3) is 0 Å². The highest BCUT2D eigenvalue weighted by atomic mass is 16.1. The molecular weight excluding hydrogens is 228 g/mol. The second-order valence-corrected chi connectivity index (χ2v) is 4.21. The number of pyridine rings is 1. The lowest BCUT2D eigenvalue weighted by atomic mass is 10.1. The first kappa shape index (κ1) is 12.3. The number of nitrogens with one attached hydrogen (secondary N) is 1. The minimum absolute atomic E-state index is 0.0760. The molecule has 5 heteroatoms. The average Bonchev–Trinajstić information content (AvgIpc) is 2.57. The van der Waals surface area contributed by atoms with Gasteiger partial charge in [0, 0.05) is 24.5 Å². The van der Waals surface area contributed by atoms with E-state index in [1.807, 2.05) is 33.0 Å². The lowest BCUT2D eigenvalue weighted by Gasteiger charge is -2.04. The molecule has 0 unspecified atom stereocenters. The van der Waals surface area contributed by atoms with Crippen LogP contribution >= 0.6 is 0 Å². The summed E-state index contributed by atoms with van der Waals surface area (Å²) in [5, 5.41) is 7.06. The van der Waals surface area contributed by atoms with Gasteiger partial charge in [0.2, 0.25) is 5.91 Å². The van der Waals surface area contributed by atoms with Crippen molar-refractivity contribution in [3.05, 3.63) is 41.3 Å². The molecule has 0 fully saturated rings. The monoisotopic (exact) mass is 244 g/mol. The Morgan fingerprint density at radius 2 is 2.17 bits per heavy atom. The van der Waals surface area contributed by atoms with Gasteiger partial charge in [-0.2, -0.15) is 5.10 Å². The van der Waals surface area contributed by atoms with Crippen LogP contribution in [0.5, 0.6) is 0 Å². The fraction of sp³-hybridized carbons (Fsp3) is 0.308. The highest BCUT2D eigenvalue weighted by Gasteiger charge is 2.13. The van der Waals surface area contributed by atoms with Crippen LogP contribution in [0.4, 0.5) is 5.82 Å². The van der Waals surface area contributed by atoms with Crippen molar-refractivity contribution in [3.8, 4) is 0 Å². The van der Waals surface area contributed by atoms with Crippen LogP contribution < -0.4 is 5.32 Å². The van der Waals surface area contributed by atoms with E-state index in [0.717, 1.165) is 17.0 Å². The van der Waals surface area contributed by atoms with Crippen LogP contribution in [0.1, 0.15) is 17.0 Å². The van der Waals surface area contributed by atoms with Crippen molar-refractivity contribution in [1.29, 1.82) is 0 Å². The van der Waals surface area contributed by atoms with Crippen molar-refractivity contribution in [2.24, 2.45) is 7.05 Å². The molecule has 2 rings (SSSR count). The Labute approximate surface area is 106 Å². The summed E-state index contributed by atoms with van der Waals surface area (Å²) in [7, 11) is 1.88. The molecule has 0 spiro atoms. The number of carbonyl (C=O) groups excluding carboxylic acids is 1. The van der Waals surface area contributed by atoms with E-state index in [-0.39, 0.29) is 5.91 Å². The minimum atomic E-state index is -0.0760. The molecule has 94 valence electrons. The van der Waals surface area contributed by atoms with Gasteiger partial charge >= 0.3 is 0 Å². The van der Waals surface area contributed by atoms with E-state index in [0.29, 0.717) is 12.2 Å². The first-order chi connectivity index (χ1) is 8.58. The molecule has 0 saturated heterocycles. The maximum absolute atomic E-state index is 11.9. The molecule has 2 aromatic rings. The second-order valence-electron chi connectivity index (χ2n) is 4.21. The number of anilines is 1. The average molecular weight is 244 g/mol. The molecular formula is C13H16N4O. The molecule has 1 N–H and O–H groups in total. The van der Waals surface area contributed by atoms with Crippen LogP contribution in [0.15, 0.2) is 24.4 Å². The van der Waals surface area contributed by atoms with E-state index >= 15 is 0 Å². The van der Waals surface area contributed by atoms with E-state index in [1.54, 1.807) is 16.9 Å². The van der Waals surface area contributed by atoms with Gasteiger partial charge in [-0.05, 0) is 26.0 Å². The zero-order valence-electron chi connectivity index (χ0n) is 10.8. The Bertz CT molecular complexity index is 560. The van der Waals surface area contributed by atoms with Crippen LogP contribution in [0, 0.1) is 13.8 Å². The quantitative estimate of drug-likeness (QED) is 0.892. The van der Waals surface area contributed by atoms with Crippen LogP contribution in [0.2, 0.25) is 0 Å². The van der Waals surface area contributed by atoms with E-state index in [1.165, 1.54) is 0 Å². The number of nitrogens with zero attached hydrogens (tertiary/aromatic N) is 3. The van der Waals surface area contributed by atoms with Crippen LogP contribution in [0.25, 0.3) is 0 Å². The Morgan fingerprint density at radius 1 is 1.39 bits per heavy atom. The summed E-state index contributed by atoms with van der Waals surface area (Å²) in [6.45, 7) is 3.87. The fourth-order valence-corrected chi connectivity index (χ4v) is 1.86. The normalized spacial score (nSPS) is 10.4. The van der Waals surface area contributed by atoms with Gasteiger partial charge in [-0.15, -0.1) is 0 Å². The van der Waals surface area contributed by atoms with Gasteiger partial charge in [0.15, 0.2) is 0 Å². The molecule has 0 radical (unpaired) electrons. The molecule has 18 heavy (non-hydrogen) atoms. The molecule has 5 nitrogen and oxygen atoms in total. The van der Waals surface area contributed by atoms with Gasteiger partial charge in [-0.25, -0.2) is 4.98 Å². The fourth-order valence-electron chi connectivity index (χ4n) is 1.86. The van der Waals surface area contributed by atoms with Crippen molar-refractivity contribution >= 4 is 11.7 Å². The maximum atomic E-state index is 11.9. The summed E-state index contributed by atoms with van der Waals surface area (Å²) in [5.74, 6) is 0.495. The molecule has 0 aliphatic heterocycles. The summed E-state index contributed by atoms with van der Waals surface area (Å²) in [6, 6.07) is 5.41. The smallest absolute Gasteiger partial charge is 0.230 e. The molecule has 2 heterocycles. The molecule has 0 bridgehead atoms. The summed E-state index contributed by atoms with van der Waals surface area (Å²) in [5.41, 5.74) is 2.89. The molecule has 0 atom stereocenters. The van der Waals surface area contributed by atoms with Gasteiger partial charge in [0.05, 0.1) is 12.1 Å². The predicted octanol–water partition coefficient (Wildman–Crippen LogP) is 1.61. The Hall–Kier alpha value is -2.17. The number of aryl methyl sites for hydroxylation is 2. The second kappa shape index (κ2) is 5.00. The summed E-state index contributed by atoms with van der Waals surface area (Å²) in [4.78, 5) is 16.0. The van der Waals surface area contributed by atoms with E-state index in [9.17, 15) is 4.79 Å². The van der Waals surface area contributed by atoms with Crippen LogP contribution in [-0.4, -0.2) is 20.7 Å². The Balaban J connectivity index is 2.08. The third-order valence-corrected chi connectivity index (χ3v) is 2.93. The number of amides is 1. The van der Waals surface area contributed by atoms with Crippen molar-refractivity contribution in [2.75, 3.05) is 5.32 Å². The first-order valence-corrected chi connectivity index (χ1v) is 5.78. The van der Waals surface area contributed by atoms with Crippen molar-refractivity contribution in [1.82, 2.24) is 14.8 Å². The highest BCUT2D eigenvalue weighted by Crippen LogP contribution is 2.13. The van der Waals surface area contributed by atoms with Crippen molar-refractivity contribution < 1.29 is 4.79 Å². The number of carbonyl (C=O) groups is 1. The molecule has 0 aliphatic carbocycles. The van der Waals surface area contributed by atoms with Crippen molar-refractivity contribution in [3.63, 3.8) is 0 Å². The molecule has 0 saturated carbocycles. The molecule has 2 aromatic heterocycles. The molecule has 1 amide bonds. The zero-order valence-corrected chi connectivity index (χ0v) is 10.8. The molecule has 0 aromatic carbocycles. The van der Waals surface area contributed by atoms with Crippen LogP contribution in [0.3, 0.4) is 0 Å². The van der Waals surface area contributed by atoms with Crippen LogP contribution in [-0.2, 0) is 18.3 Å². The third-order valence-electron chi connectivity index (χ3n) is 2.93. The maximum Gasteiger partial charge on any atom is 0.230 e. The summed E-state index contributed by atoms with van der Waals surface area (Å²) >= 11 is 0. The zero-order chi connectivity index (χ0) is 13.1. The Kier molecular flexibility index (Phi) is 3.41. The standard InChI is InChI=1S/C13H16N4O/c1-9-11(10(2)17(3)16-9)8-13(18)15-12-6-4-5-7-14-12/h4-7H,8H2,1-3H3,(H,14,15,18).